The summed E-state index contributed by atoms with van der Waals surface area (Å²) in [6.45, 7) is 5.84. The van der Waals surface area contributed by atoms with Gasteiger partial charge in [0.15, 0.2) is 0 Å². The second-order valence-corrected chi connectivity index (χ2v) is 5.07. The molecule has 0 radical (unpaired) electrons. The summed E-state index contributed by atoms with van der Waals surface area (Å²) in [5.41, 5.74) is 2.78. The number of rotatable bonds is 7. The van der Waals surface area contributed by atoms with Crippen molar-refractivity contribution in [2.75, 3.05) is 13.7 Å². The first-order chi connectivity index (χ1) is 10.0. The third-order valence-corrected chi connectivity index (χ3v) is 3.75. The minimum atomic E-state index is -0.201. The van der Waals surface area contributed by atoms with Crippen molar-refractivity contribution in [1.29, 1.82) is 0 Å². The molecule has 116 valence electrons. The summed E-state index contributed by atoms with van der Waals surface area (Å²) in [7, 11) is 1.61. The number of benzene rings is 1. The lowest BCUT2D eigenvalue weighted by Crippen LogP contribution is -2.30. The van der Waals surface area contributed by atoms with Crippen molar-refractivity contribution < 1.29 is 14.6 Å². The van der Waals surface area contributed by atoms with Crippen molar-refractivity contribution in [3.05, 3.63) is 41.0 Å². The van der Waals surface area contributed by atoms with Crippen LogP contribution in [0.1, 0.15) is 45.2 Å². The molecule has 0 aliphatic rings. The van der Waals surface area contributed by atoms with Gasteiger partial charge in [-0.15, -0.1) is 0 Å². The van der Waals surface area contributed by atoms with Gasteiger partial charge in [-0.25, -0.2) is 0 Å². The minimum absolute atomic E-state index is 0.0203. The lowest BCUT2D eigenvalue weighted by atomic mass is 10.0. The van der Waals surface area contributed by atoms with Crippen LogP contribution in [0.25, 0.3) is 0 Å². The highest BCUT2D eigenvalue weighted by molar-refractivity contribution is 5.93. The van der Waals surface area contributed by atoms with Crippen molar-refractivity contribution in [1.82, 2.24) is 5.32 Å². The summed E-state index contributed by atoms with van der Waals surface area (Å²) >= 11 is 0. The van der Waals surface area contributed by atoms with Crippen LogP contribution in [0.3, 0.4) is 0 Å². The van der Waals surface area contributed by atoms with E-state index in [1.807, 2.05) is 45.0 Å². The molecule has 1 atom stereocenters. The predicted molar refractivity (Wildman–Crippen MR) is 84.2 cm³/mol. The standard InChI is InChI=1S/C17H25NO3/c1-5-12(2)13(3)17(20)18-16(10-11-19)14-6-8-15(21-4)9-7-14/h6-9,16,19H,5,10-11H2,1-4H3,(H,18,20)/b13-12-. The number of hydrogen-bond donors (Lipinski definition) is 2. The Morgan fingerprint density at radius 1 is 1.29 bits per heavy atom. The number of ether oxygens (including phenoxy) is 1. The van der Waals surface area contributed by atoms with E-state index in [2.05, 4.69) is 5.32 Å². The summed E-state index contributed by atoms with van der Waals surface area (Å²) < 4.78 is 5.13. The zero-order valence-corrected chi connectivity index (χ0v) is 13.3. The van der Waals surface area contributed by atoms with Gasteiger partial charge in [0.2, 0.25) is 5.91 Å². The highest BCUT2D eigenvalue weighted by Gasteiger charge is 2.16. The topological polar surface area (TPSA) is 58.6 Å². The first kappa shape index (κ1) is 17.2. The Labute approximate surface area is 126 Å². The van der Waals surface area contributed by atoms with E-state index < -0.39 is 0 Å². The largest absolute Gasteiger partial charge is 0.497 e. The van der Waals surface area contributed by atoms with Crippen LogP contribution in [-0.2, 0) is 4.79 Å². The number of allylic oxidation sites excluding steroid dienone is 1. The molecule has 1 rings (SSSR count). The molecule has 0 aliphatic heterocycles. The zero-order valence-electron chi connectivity index (χ0n) is 13.3. The van der Waals surface area contributed by atoms with Gasteiger partial charge in [0.05, 0.1) is 13.2 Å². The number of nitrogens with one attached hydrogen (secondary N) is 1. The van der Waals surface area contributed by atoms with Crippen molar-refractivity contribution in [3.63, 3.8) is 0 Å². The van der Waals surface area contributed by atoms with E-state index in [0.717, 1.165) is 28.9 Å². The van der Waals surface area contributed by atoms with E-state index in [4.69, 9.17) is 4.74 Å². The second-order valence-electron chi connectivity index (χ2n) is 5.07. The lowest BCUT2D eigenvalue weighted by molar-refractivity contribution is -0.118. The molecule has 4 heteroatoms. The van der Waals surface area contributed by atoms with Crippen LogP contribution in [0.4, 0.5) is 0 Å². The Balaban J connectivity index is 2.89. The summed E-state index contributed by atoms with van der Waals surface area (Å²) in [4.78, 5) is 12.2. The molecule has 0 bridgehead atoms. The normalized spacial score (nSPS) is 13.4. The van der Waals surface area contributed by atoms with Crippen LogP contribution >= 0.6 is 0 Å². The molecule has 0 spiro atoms. The van der Waals surface area contributed by atoms with E-state index in [-0.39, 0.29) is 18.6 Å². The van der Waals surface area contributed by atoms with Gasteiger partial charge in [-0.05, 0) is 44.4 Å². The van der Waals surface area contributed by atoms with Crippen molar-refractivity contribution in [3.8, 4) is 5.75 Å². The number of hydrogen-bond acceptors (Lipinski definition) is 3. The van der Waals surface area contributed by atoms with Crippen LogP contribution in [-0.4, -0.2) is 24.7 Å². The van der Waals surface area contributed by atoms with Gasteiger partial charge in [0.1, 0.15) is 5.75 Å². The van der Waals surface area contributed by atoms with Crippen molar-refractivity contribution >= 4 is 5.91 Å². The van der Waals surface area contributed by atoms with Crippen molar-refractivity contribution in [2.45, 2.75) is 39.7 Å². The van der Waals surface area contributed by atoms with Crippen molar-refractivity contribution in [2.24, 2.45) is 0 Å². The molecular weight excluding hydrogens is 266 g/mol. The van der Waals surface area contributed by atoms with Crippen LogP contribution in [0, 0.1) is 0 Å². The van der Waals surface area contributed by atoms with E-state index in [0.29, 0.717) is 6.42 Å². The highest BCUT2D eigenvalue weighted by Crippen LogP contribution is 2.21. The molecule has 0 saturated carbocycles. The van der Waals surface area contributed by atoms with Gasteiger partial charge in [0, 0.05) is 12.2 Å². The Hall–Kier alpha value is -1.81. The monoisotopic (exact) mass is 291 g/mol. The third-order valence-electron chi connectivity index (χ3n) is 3.75. The molecule has 0 fully saturated rings. The van der Waals surface area contributed by atoms with Gasteiger partial charge in [-0.2, -0.15) is 0 Å². The molecule has 0 aliphatic carbocycles. The Kier molecular flexibility index (Phi) is 6.96. The molecule has 2 N–H and O–H groups in total. The maximum Gasteiger partial charge on any atom is 0.247 e. The average Bonchev–Trinajstić information content (AvgIpc) is 2.52. The fourth-order valence-corrected chi connectivity index (χ4v) is 2.01. The fraction of sp³-hybridized carbons (Fsp3) is 0.471. The molecule has 1 aromatic carbocycles. The number of carbonyl (C=O) groups excluding carboxylic acids is 1. The van der Waals surface area contributed by atoms with Crippen LogP contribution in [0.15, 0.2) is 35.4 Å². The van der Waals surface area contributed by atoms with Crippen LogP contribution in [0.5, 0.6) is 5.75 Å². The van der Waals surface area contributed by atoms with E-state index in [9.17, 15) is 9.90 Å². The van der Waals surface area contributed by atoms with Gasteiger partial charge in [-0.3, -0.25) is 4.79 Å². The summed E-state index contributed by atoms with van der Waals surface area (Å²) in [6.07, 6.45) is 1.34. The molecule has 0 aromatic heterocycles. The van der Waals surface area contributed by atoms with E-state index in [1.165, 1.54) is 0 Å². The van der Waals surface area contributed by atoms with Crippen LogP contribution < -0.4 is 10.1 Å². The minimum Gasteiger partial charge on any atom is -0.497 e. The Bertz CT molecular complexity index is 491. The van der Waals surface area contributed by atoms with Crippen LogP contribution in [0.2, 0.25) is 0 Å². The molecule has 1 unspecified atom stereocenters. The average molecular weight is 291 g/mol. The molecule has 0 heterocycles. The number of carbonyl (C=O) groups is 1. The van der Waals surface area contributed by atoms with Gasteiger partial charge < -0.3 is 15.2 Å². The molecule has 0 saturated heterocycles. The van der Waals surface area contributed by atoms with Gasteiger partial charge in [0.25, 0.3) is 0 Å². The summed E-state index contributed by atoms with van der Waals surface area (Å²) in [5.74, 6) is 0.689. The Morgan fingerprint density at radius 3 is 2.38 bits per heavy atom. The highest BCUT2D eigenvalue weighted by atomic mass is 16.5. The lowest BCUT2D eigenvalue weighted by Gasteiger charge is -2.19. The Morgan fingerprint density at radius 2 is 1.90 bits per heavy atom. The summed E-state index contributed by atoms with van der Waals surface area (Å²) in [5, 5.41) is 12.2. The zero-order chi connectivity index (χ0) is 15.8. The molecule has 1 aromatic rings. The molecule has 4 nitrogen and oxygen atoms in total. The smallest absolute Gasteiger partial charge is 0.247 e. The summed E-state index contributed by atoms with van der Waals surface area (Å²) in [6, 6.07) is 7.32. The number of methoxy groups -OCH3 is 1. The fourth-order valence-electron chi connectivity index (χ4n) is 2.01. The van der Waals surface area contributed by atoms with Gasteiger partial charge in [-0.1, -0.05) is 24.6 Å². The first-order valence-electron chi connectivity index (χ1n) is 7.25. The third kappa shape index (κ3) is 4.90. The first-order valence-corrected chi connectivity index (χ1v) is 7.25. The van der Waals surface area contributed by atoms with Gasteiger partial charge >= 0.3 is 0 Å². The molecular formula is C17H25NO3. The number of aliphatic hydroxyl groups is 1. The van der Waals surface area contributed by atoms with E-state index in [1.54, 1.807) is 7.11 Å². The maximum absolute atomic E-state index is 12.2. The predicted octanol–water partition coefficient (Wildman–Crippen LogP) is 2.98. The molecule has 21 heavy (non-hydrogen) atoms. The SMILES string of the molecule is CC/C(C)=C(/C)C(=O)NC(CCO)c1ccc(OC)cc1. The number of amides is 1. The number of aliphatic hydroxyl groups excluding tert-OH is 1. The van der Waals surface area contributed by atoms with E-state index >= 15 is 0 Å². The quantitative estimate of drug-likeness (QED) is 0.759. The maximum atomic E-state index is 12.2. The molecule has 1 amide bonds. The second kappa shape index (κ2) is 8.47.